The predicted octanol–water partition coefficient (Wildman–Crippen LogP) is 2.86. The van der Waals surface area contributed by atoms with E-state index >= 15 is 0 Å². The maximum atomic E-state index is 4.39. The van der Waals surface area contributed by atoms with Gasteiger partial charge in [0.1, 0.15) is 0 Å². The monoisotopic (exact) mass is 353 g/mol. The molecule has 0 bridgehead atoms. The number of aryl methyl sites for hydroxylation is 1. The van der Waals surface area contributed by atoms with Gasteiger partial charge in [-0.2, -0.15) is 5.10 Å². The van der Waals surface area contributed by atoms with Crippen LogP contribution in [-0.2, 0) is 20.1 Å². The van der Waals surface area contributed by atoms with Gasteiger partial charge in [-0.25, -0.2) is 0 Å². The highest BCUT2D eigenvalue weighted by molar-refractivity contribution is 5.15. The Morgan fingerprint density at radius 2 is 1.77 bits per heavy atom. The zero-order valence-electron chi connectivity index (χ0n) is 16.1. The van der Waals surface area contributed by atoms with Gasteiger partial charge >= 0.3 is 0 Å². The van der Waals surface area contributed by atoms with E-state index in [2.05, 4.69) is 32.9 Å². The Kier molecular flexibility index (Phi) is 5.36. The second kappa shape index (κ2) is 7.89. The molecule has 0 spiro atoms. The Bertz CT molecular complexity index is 702. The third-order valence-electron chi connectivity index (χ3n) is 6.47. The molecule has 5 heteroatoms. The van der Waals surface area contributed by atoms with Crippen molar-refractivity contribution in [1.29, 1.82) is 0 Å². The van der Waals surface area contributed by atoms with E-state index in [1.54, 1.807) is 0 Å². The van der Waals surface area contributed by atoms with E-state index in [1.807, 2.05) is 36.4 Å². The van der Waals surface area contributed by atoms with Crippen LogP contribution in [0.25, 0.3) is 0 Å². The molecule has 5 nitrogen and oxygen atoms in total. The van der Waals surface area contributed by atoms with Crippen LogP contribution in [0.5, 0.6) is 0 Å². The summed E-state index contributed by atoms with van der Waals surface area (Å²) in [6.45, 7) is 9.27. The van der Waals surface area contributed by atoms with Gasteiger partial charge in [0, 0.05) is 50.3 Å². The van der Waals surface area contributed by atoms with Gasteiger partial charge < -0.3 is 0 Å². The van der Waals surface area contributed by atoms with Gasteiger partial charge in [0.15, 0.2) is 0 Å². The molecule has 1 atom stereocenters. The van der Waals surface area contributed by atoms with E-state index in [9.17, 15) is 0 Å². The Labute approximate surface area is 157 Å². The first-order valence-electron chi connectivity index (χ1n) is 10.00. The van der Waals surface area contributed by atoms with Crippen LogP contribution >= 0.6 is 0 Å². The molecule has 4 heterocycles. The van der Waals surface area contributed by atoms with Crippen molar-refractivity contribution in [3.63, 3.8) is 0 Å². The van der Waals surface area contributed by atoms with Crippen LogP contribution in [-0.4, -0.2) is 50.7 Å². The summed E-state index contributed by atoms with van der Waals surface area (Å²) in [4.78, 5) is 9.47. The molecular weight excluding hydrogens is 322 g/mol. The van der Waals surface area contributed by atoms with Crippen molar-refractivity contribution < 1.29 is 0 Å². The average Bonchev–Trinajstić information content (AvgIpc) is 3.26. The second-order valence-electron chi connectivity index (χ2n) is 8.14. The third-order valence-corrected chi connectivity index (χ3v) is 6.47. The molecule has 0 N–H and O–H groups in total. The number of pyridine rings is 1. The minimum Gasteiger partial charge on any atom is -0.299 e. The number of hydrogen-bond donors (Lipinski definition) is 0. The molecule has 0 radical (unpaired) electrons. The maximum Gasteiger partial charge on any atom is 0.0537 e. The lowest BCUT2D eigenvalue weighted by Gasteiger charge is -2.34. The van der Waals surface area contributed by atoms with Crippen molar-refractivity contribution in [3.8, 4) is 0 Å². The SMILES string of the molecule is Cc1c(CN2CC[C@H](C3CCN(Cc4cccnc4)CC3)C2)cnn1C. The van der Waals surface area contributed by atoms with Gasteiger partial charge in [-0.1, -0.05) is 6.07 Å². The highest BCUT2D eigenvalue weighted by atomic mass is 15.3. The number of piperidine rings is 1. The van der Waals surface area contributed by atoms with Gasteiger partial charge in [-0.3, -0.25) is 19.5 Å². The molecule has 26 heavy (non-hydrogen) atoms. The Morgan fingerprint density at radius 3 is 2.46 bits per heavy atom. The lowest BCUT2D eigenvalue weighted by Crippen LogP contribution is -2.36. The summed E-state index contributed by atoms with van der Waals surface area (Å²) in [5.41, 5.74) is 4.03. The Morgan fingerprint density at radius 1 is 1.00 bits per heavy atom. The highest BCUT2D eigenvalue weighted by Crippen LogP contribution is 2.33. The molecule has 2 fully saturated rings. The summed E-state index contributed by atoms with van der Waals surface area (Å²) >= 11 is 0. The zero-order valence-corrected chi connectivity index (χ0v) is 16.1. The minimum absolute atomic E-state index is 0.882. The fraction of sp³-hybridized carbons (Fsp3) is 0.619. The van der Waals surface area contributed by atoms with Crippen LogP contribution in [0.3, 0.4) is 0 Å². The fourth-order valence-corrected chi connectivity index (χ4v) is 4.66. The summed E-state index contributed by atoms with van der Waals surface area (Å²) in [5.74, 6) is 1.78. The van der Waals surface area contributed by atoms with E-state index in [-0.39, 0.29) is 0 Å². The van der Waals surface area contributed by atoms with E-state index in [4.69, 9.17) is 0 Å². The second-order valence-corrected chi connectivity index (χ2v) is 8.14. The molecule has 2 aliphatic rings. The van der Waals surface area contributed by atoms with Crippen LogP contribution in [0.2, 0.25) is 0 Å². The fourth-order valence-electron chi connectivity index (χ4n) is 4.66. The molecule has 0 unspecified atom stereocenters. The molecular formula is C21H31N5. The van der Waals surface area contributed by atoms with Crippen LogP contribution in [0.1, 0.15) is 36.1 Å². The van der Waals surface area contributed by atoms with Crippen molar-refractivity contribution in [2.45, 2.75) is 39.3 Å². The molecule has 0 aromatic carbocycles. The Hall–Kier alpha value is -1.72. The largest absolute Gasteiger partial charge is 0.299 e. The molecule has 0 aliphatic carbocycles. The van der Waals surface area contributed by atoms with Crippen molar-refractivity contribution in [1.82, 2.24) is 24.6 Å². The van der Waals surface area contributed by atoms with Gasteiger partial charge in [0.2, 0.25) is 0 Å². The smallest absolute Gasteiger partial charge is 0.0537 e. The van der Waals surface area contributed by atoms with E-state index < -0.39 is 0 Å². The number of hydrogen-bond acceptors (Lipinski definition) is 4. The molecule has 2 aromatic heterocycles. The first kappa shape index (κ1) is 17.7. The number of rotatable bonds is 5. The minimum atomic E-state index is 0.882. The summed E-state index contributed by atoms with van der Waals surface area (Å²) in [6.07, 6.45) is 9.97. The van der Waals surface area contributed by atoms with Crippen LogP contribution in [0.4, 0.5) is 0 Å². The molecule has 0 saturated carbocycles. The maximum absolute atomic E-state index is 4.39. The van der Waals surface area contributed by atoms with E-state index in [0.29, 0.717) is 0 Å². The highest BCUT2D eigenvalue weighted by Gasteiger charge is 2.32. The topological polar surface area (TPSA) is 37.2 Å². The van der Waals surface area contributed by atoms with Gasteiger partial charge in [0.05, 0.1) is 6.20 Å². The Balaban J connectivity index is 1.24. The van der Waals surface area contributed by atoms with E-state index in [1.165, 1.54) is 62.3 Å². The molecule has 2 aliphatic heterocycles. The molecule has 4 rings (SSSR count). The van der Waals surface area contributed by atoms with Crippen LogP contribution in [0, 0.1) is 18.8 Å². The lowest BCUT2D eigenvalue weighted by atomic mass is 9.83. The van der Waals surface area contributed by atoms with Crippen molar-refractivity contribution in [2.24, 2.45) is 18.9 Å². The number of likely N-dealkylation sites (tertiary alicyclic amines) is 2. The van der Waals surface area contributed by atoms with Crippen molar-refractivity contribution in [3.05, 3.63) is 47.5 Å². The number of aromatic nitrogens is 3. The predicted molar refractivity (Wildman–Crippen MR) is 104 cm³/mol. The summed E-state index contributed by atoms with van der Waals surface area (Å²) in [7, 11) is 2.03. The lowest BCUT2D eigenvalue weighted by molar-refractivity contribution is 0.141. The molecule has 140 valence electrons. The molecule has 2 saturated heterocycles. The van der Waals surface area contributed by atoms with Gasteiger partial charge in [-0.05, 0) is 69.3 Å². The first-order chi connectivity index (χ1) is 12.7. The standard InChI is InChI=1S/C21H31N5/c1-17-21(13-23-24(17)2)16-26-11-7-20(15-26)19-5-9-25(10-6-19)14-18-4-3-8-22-12-18/h3-4,8,12-13,19-20H,5-7,9-11,14-16H2,1-2H3/t20-/m0/s1. The van der Waals surface area contributed by atoms with E-state index in [0.717, 1.165) is 24.9 Å². The van der Waals surface area contributed by atoms with Crippen LogP contribution < -0.4 is 0 Å². The average molecular weight is 354 g/mol. The molecule has 0 amide bonds. The summed E-state index contributed by atoms with van der Waals surface area (Å²) < 4.78 is 1.99. The zero-order chi connectivity index (χ0) is 17.9. The normalized spacial score (nSPS) is 22.9. The summed E-state index contributed by atoms with van der Waals surface area (Å²) in [5, 5.41) is 4.39. The van der Waals surface area contributed by atoms with Crippen LogP contribution in [0.15, 0.2) is 30.7 Å². The summed E-state index contributed by atoms with van der Waals surface area (Å²) in [6, 6.07) is 4.23. The van der Waals surface area contributed by atoms with Gasteiger partial charge in [-0.15, -0.1) is 0 Å². The first-order valence-corrected chi connectivity index (χ1v) is 10.00. The number of nitrogens with zero attached hydrogens (tertiary/aromatic N) is 5. The van der Waals surface area contributed by atoms with Gasteiger partial charge in [0.25, 0.3) is 0 Å². The molecule has 2 aromatic rings. The van der Waals surface area contributed by atoms with Crippen molar-refractivity contribution in [2.75, 3.05) is 26.2 Å². The third kappa shape index (κ3) is 3.99. The van der Waals surface area contributed by atoms with Crippen molar-refractivity contribution >= 4 is 0 Å². The quantitative estimate of drug-likeness (QED) is 0.828.